The molecule has 2 rings (SSSR count). The lowest BCUT2D eigenvalue weighted by Gasteiger charge is -2.20. The van der Waals surface area contributed by atoms with E-state index in [9.17, 15) is 0 Å². The maximum Gasteiger partial charge on any atom is 0.120 e. The minimum atomic E-state index is 0.196. The van der Waals surface area contributed by atoms with Crippen LogP contribution in [-0.2, 0) is 1.43 Å². The van der Waals surface area contributed by atoms with Crippen molar-refractivity contribution in [3.8, 4) is 0 Å². The first-order chi connectivity index (χ1) is 7.16. The minimum Gasteiger partial charge on any atom is -0.0654 e. The average molecular weight is 424 g/mol. The number of fused-ring (bicyclic) bond motifs is 1. The molecule has 1 aliphatic carbocycles. The Hall–Kier alpha value is 0.420. The molecule has 0 nitrogen and oxygen atoms in total. The summed E-state index contributed by atoms with van der Waals surface area (Å²) in [4.78, 5) is 0. The molecule has 0 fully saturated rings. The standard InChI is InChI=1S/C13H14I2/c1-2-3-7-11-9-10-6-4-5-8-12(10)13(11,14)15/h4-6,8-9H,2-3,7H2,1H3. The summed E-state index contributed by atoms with van der Waals surface area (Å²) in [5.74, 6) is 0. The normalized spacial score (nSPS) is 17.4. The number of allylic oxidation sites excluding steroid dienone is 1. The van der Waals surface area contributed by atoms with Gasteiger partial charge in [-0.25, -0.2) is 0 Å². The first-order valence-corrected chi connectivity index (χ1v) is 7.50. The Labute approximate surface area is 119 Å². The van der Waals surface area contributed by atoms with E-state index in [1.807, 2.05) is 0 Å². The number of rotatable bonds is 3. The van der Waals surface area contributed by atoms with E-state index in [4.69, 9.17) is 0 Å². The Bertz CT molecular complexity index is 391. The van der Waals surface area contributed by atoms with Gasteiger partial charge in [0.1, 0.15) is 1.43 Å². The highest BCUT2D eigenvalue weighted by molar-refractivity contribution is 14.2. The number of hydrogen-bond donors (Lipinski definition) is 0. The van der Waals surface area contributed by atoms with E-state index in [0.717, 1.165) is 0 Å². The highest BCUT2D eigenvalue weighted by atomic mass is 127. The fourth-order valence-corrected chi connectivity index (χ4v) is 3.79. The maximum absolute atomic E-state index is 2.58. The molecule has 0 saturated heterocycles. The quantitative estimate of drug-likeness (QED) is 0.457. The number of benzene rings is 1. The molecule has 1 aliphatic rings. The van der Waals surface area contributed by atoms with Gasteiger partial charge in [0.15, 0.2) is 0 Å². The number of alkyl halides is 2. The van der Waals surface area contributed by atoms with E-state index in [0.29, 0.717) is 0 Å². The predicted octanol–water partition coefficient (Wildman–Crippen LogP) is 5.30. The van der Waals surface area contributed by atoms with E-state index in [1.165, 1.54) is 30.4 Å². The van der Waals surface area contributed by atoms with Crippen molar-refractivity contribution in [2.75, 3.05) is 0 Å². The van der Waals surface area contributed by atoms with Gasteiger partial charge in [-0.2, -0.15) is 0 Å². The van der Waals surface area contributed by atoms with Crippen LogP contribution >= 0.6 is 45.2 Å². The van der Waals surface area contributed by atoms with Gasteiger partial charge in [0.2, 0.25) is 0 Å². The molecule has 0 aromatic heterocycles. The lowest BCUT2D eigenvalue weighted by molar-refractivity contribution is 0.776. The molecule has 1 aromatic rings. The van der Waals surface area contributed by atoms with Crippen molar-refractivity contribution in [1.29, 1.82) is 0 Å². The highest BCUT2D eigenvalue weighted by Crippen LogP contribution is 2.53. The van der Waals surface area contributed by atoms with Crippen molar-refractivity contribution >= 4 is 51.3 Å². The van der Waals surface area contributed by atoms with Crippen molar-refractivity contribution in [3.63, 3.8) is 0 Å². The van der Waals surface area contributed by atoms with E-state index in [-0.39, 0.29) is 1.43 Å². The molecule has 15 heavy (non-hydrogen) atoms. The molecule has 0 N–H and O–H groups in total. The van der Waals surface area contributed by atoms with Crippen LogP contribution in [-0.4, -0.2) is 0 Å². The van der Waals surface area contributed by atoms with Crippen molar-refractivity contribution in [1.82, 2.24) is 0 Å². The summed E-state index contributed by atoms with van der Waals surface area (Å²) in [7, 11) is 0. The smallest absolute Gasteiger partial charge is 0.0654 e. The van der Waals surface area contributed by atoms with Gasteiger partial charge in [0.05, 0.1) is 0 Å². The van der Waals surface area contributed by atoms with Crippen molar-refractivity contribution in [3.05, 3.63) is 41.0 Å². The first-order valence-electron chi connectivity index (χ1n) is 5.34. The van der Waals surface area contributed by atoms with Crippen molar-refractivity contribution < 1.29 is 0 Å². The predicted molar refractivity (Wildman–Crippen MR) is 83.7 cm³/mol. The molecule has 0 bridgehead atoms. The Morgan fingerprint density at radius 1 is 1.20 bits per heavy atom. The Morgan fingerprint density at radius 3 is 2.60 bits per heavy atom. The summed E-state index contributed by atoms with van der Waals surface area (Å²) in [5, 5.41) is 0. The van der Waals surface area contributed by atoms with Crippen LogP contribution in [0.2, 0.25) is 0 Å². The second kappa shape index (κ2) is 4.73. The fourth-order valence-electron chi connectivity index (χ4n) is 1.96. The van der Waals surface area contributed by atoms with E-state index < -0.39 is 0 Å². The third kappa shape index (κ3) is 2.25. The van der Waals surface area contributed by atoms with Crippen LogP contribution in [0.25, 0.3) is 6.08 Å². The summed E-state index contributed by atoms with van der Waals surface area (Å²) < 4.78 is 0.196. The van der Waals surface area contributed by atoms with Crippen molar-refractivity contribution in [2.45, 2.75) is 27.6 Å². The molecule has 80 valence electrons. The topological polar surface area (TPSA) is 0 Å². The zero-order valence-corrected chi connectivity index (χ0v) is 13.1. The van der Waals surface area contributed by atoms with Gasteiger partial charge in [0, 0.05) is 0 Å². The molecule has 0 radical (unpaired) electrons. The minimum absolute atomic E-state index is 0.196. The molecule has 0 aliphatic heterocycles. The summed E-state index contributed by atoms with van der Waals surface area (Å²) >= 11 is 5.16. The zero-order chi connectivity index (χ0) is 10.9. The Morgan fingerprint density at radius 2 is 1.93 bits per heavy atom. The van der Waals surface area contributed by atoms with Crippen molar-refractivity contribution in [2.24, 2.45) is 0 Å². The average Bonchev–Trinajstić information content (AvgIpc) is 2.48. The number of unbranched alkanes of at least 4 members (excludes halogenated alkanes) is 1. The third-order valence-corrected chi connectivity index (χ3v) is 5.38. The second-order valence-corrected chi connectivity index (χ2v) is 9.24. The lowest BCUT2D eigenvalue weighted by atomic mass is 10.1. The van der Waals surface area contributed by atoms with Crippen LogP contribution in [0.5, 0.6) is 0 Å². The van der Waals surface area contributed by atoms with Crippen LogP contribution in [0.15, 0.2) is 29.8 Å². The lowest BCUT2D eigenvalue weighted by Crippen LogP contribution is -2.08. The maximum atomic E-state index is 2.58. The SMILES string of the molecule is CCCCC1=Cc2ccccc2C1(I)I. The zero-order valence-electron chi connectivity index (χ0n) is 8.76. The van der Waals surface area contributed by atoms with Gasteiger partial charge in [-0.15, -0.1) is 0 Å². The summed E-state index contributed by atoms with van der Waals surface area (Å²) in [6.07, 6.45) is 6.19. The molecule has 0 heterocycles. The van der Waals surface area contributed by atoms with Crippen LogP contribution in [0.3, 0.4) is 0 Å². The Balaban J connectivity index is 2.31. The fraction of sp³-hybridized carbons (Fsp3) is 0.385. The van der Waals surface area contributed by atoms with Gasteiger partial charge in [-0.3, -0.25) is 0 Å². The van der Waals surface area contributed by atoms with Gasteiger partial charge in [-0.05, 0) is 29.5 Å². The summed E-state index contributed by atoms with van der Waals surface area (Å²) in [6, 6.07) is 8.74. The Kier molecular flexibility index (Phi) is 3.75. The van der Waals surface area contributed by atoms with Crippen LogP contribution in [0, 0.1) is 0 Å². The third-order valence-electron chi connectivity index (χ3n) is 2.83. The molecule has 0 amide bonds. The van der Waals surface area contributed by atoms with E-state index in [2.05, 4.69) is 82.4 Å². The molecular weight excluding hydrogens is 410 g/mol. The molecule has 0 atom stereocenters. The molecule has 0 unspecified atom stereocenters. The van der Waals surface area contributed by atoms with Crippen LogP contribution in [0.1, 0.15) is 37.3 Å². The summed E-state index contributed by atoms with van der Waals surface area (Å²) in [5.41, 5.74) is 4.46. The van der Waals surface area contributed by atoms with E-state index >= 15 is 0 Å². The molecule has 2 heteroatoms. The van der Waals surface area contributed by atoms with Gasteiger partial charge < -0.3 is 0 Å². The highest BCUT2D eigenvalue weighted by Gasteiger charge is 2.35. The molecule has 0 saturated carbocycles. The van der Waals surface area contributed by atoms with Gasteiger partial charge in [0.25, 0.3) is 0 Å². The largest absolute Gasteiger partial charge is 0.120 e. The van der Waals surface area contributed by atoms with Gasteiger partial charge in [-0.1, -0.05) is 88.9 Å². The summed E-state index contributed by atoms with van der Waals surface area (Å²) in [6.45, 7) is 2.25. The first kappa shape index (κ1) is 11.9. The monoisotopic (exact) mass is 424 g/mol. The number of hydrogen-bond acceptors (Lipinski definition) is 0. The molecule has 0 spiro atoms. The molecular formula is C13H14I2. The number of halogens is 2. The van der Waals surface area contributed by atoms with Crippen LogP contribution < -0.4 is 0 Å². The molecule has 1 aromatic carbocycles. The van der Waals surface area contributed by atoms with Gasteiger partial charge >= 0.3 is 0 Å². The van der Waals surface area contributed by atoms with Crippen LogP contribution in [0.4, 0.5) is 0 Å². The van der Waals surface area contributed by atoms with E-state index in [1.54, 1.807) is 5.57 Å². The second-order valence-electron chi connectivity index (χ2n) is 3.93.